The van der Waals surface area contributed by atoms with Gasteiger partial charge in [-0.1, -0.05) is 41.9 Å². The van der Waals surface area contributed by atoms with Crippen molar-refractivity contribution in [3.8, 4) is 0 Å². The van der Waals surface area contributed by atoms with E-state index in [1.54, 1.807) is 25.3 Å². The molecule has 0 radical (unpaired) electrons. The van der Waals surface area contributed by atoms with E-state index in [2.05, 4.69) is 5.10 Å². The average Bonchev–Trinajstić information content (AvgIpc) is 3.04. The molecule has 1 amide bonds. The second kappa shape index (κ2) is 10.9. The third-order valence-corrected chi connectivity index (χ3v) is 5.54. The fourth-order valence-electron chi connectivity index (χ4n) is 3.33. The van der Waals surface area contributed by atoms with E-state index in [1.165, 1.54) is 23.1 Å². The van der Waals surface area contributed by atoms with Crippen molar-refractivity contribution in [3.63, 3.8) is 0 Å². The lowest BCUT2D eigenvalue weighted by Gasteiger charge is -2.17. The van der Waals surface area contributed by atoms with Crippen molar-refractivity contribution in [3.05, 3.63) is 93.5 Å². The van der Waals surface area contributed by atoms with Gasteiger partial charge in [-0.05, 0) is 49.2 Å². The number of benzene rings is 2. The van der Waals surface area contributed by atoms with E-state index < -0.39 is 12.6 Å². The first-order valence-corrected chi connectivity index (χ1v) is 10.7. The predicted octanol–water partition coefficient (Wildman–Crippen LogP) is 4.56. The molecule has 0 aliphatic carbocycles. The number of amides is 1. The van der Waals surface area contributed by atoms with Crippen molar-refractivity contribution in [1.82, 2.24) is 14.7 Å². The molecule has 0 aliphatic heterocycles. The van der Waals surface area contributed by atoms with Gasteiger partial charge in [-0.15, -0.1) is 0 Å². The molecule has 0 saturated heterocycles. The van der Waals surface area contributed by atoms with Gasteiger partial charge in [-0.2, -0.15) is 5.10 Å². The van der Waals surface area contributed by atoms with Crippen molar-refractivity contribution in [2.45, 2.75) is 26.9 Å². The van der Waals surface area contributed by atoms with Crippen molar-refractivity contribution >= 4 is 29.6 Å². The van der Waals surface area contributed by atoms with E-state index in [4.69, 9.17) is 16.3 Å². The smallest absolute Gasteiger partial charge is 0.331 e. The second-order valence-electron chi connectivity index (χ2n) is 7.65. The molecule has 33 heavy (non-hydrogen) atoms. The highest BCUT2D eigenvalue weighted by Crippen LogP contribution is 2.20. The summed E-state index contributed by atoms with van der Waals surface area (Å²) in [6.45, 7) is 4.08. The van der Waals surface area contributed by atoms with Crippen LogP contribution in [0.4, 0.5) is 4.39 Å². The summed E-state index contributed by atoms with van der Waals surface area (Å²) in [5.74, 6) is -1.40. The third-order valence-electron chi connectivity index (χ3n) is 5.17. The molecule has 0 spiro atoms. The zero-order valence-corrected chi connectivity index (χ0v) is 19.5. The molecule has 0 saturated carbocycles. The number of aromatic nitrogens is 2. The number of halogens is 2. The minimum absolute atomic E-state index is 0.215. The first-order chi connectivity index (χ1) is 15.7. The fourth-order valence-corrected chi connectivity index (χ4v) is 3.53. The van der Waals surface area contributed by atoms with Crippen LogP contribution in [0, 0.1) is 19.7 Å². The van der Waals surface area contributed by atoms with E-state index >= 15 is 0 Å². The number of nitrogens with zero attached hydrogens (tertiary/aromatic N) is 3. The standard InChI is InChI=1S/C25H25ClFN3O3/c1-17-22(18(2)30(28-17)15-20-8-4-5-10-23(20)26)11-12-25(32)33-16-24(31)29(3)14-19-7-6-9-21(27)13-19/h4-13H,14-16H2,1-3H3/b12-11+. The summed E-state index contributed by atoms with van der Waals surface area (Å²) in [6, 6.07) is 13.5. The van der Waals surface area contributed by atoms with Crippen molar-refractivity contribution < 1.29 is 18.7 Å². The number of aryl methyl sites for hydroxylation is 1. The maximum atomic E-state index is 13.3. The minimum atomic E-state index is -0.639. The van der Waals surface area contributed by atoms with Crippen molar-refractivity contribution in [2.24, 2.45) is 0 Å². The molecule has 1 aromatic heterocycles. The predicted molar refractivity (Wildman–Crippen MR) is 125 cm³/mol. The SMILES string of the molecule is Cc1nn(Cc2ccccc2Cl)c(C)c1/C=C/C(=O)OCC(=O)N(C)Cc1cccc(F)c1. The van der Waals surface area contributed by atoms with Crippen LogP contribution in [0.5, 0.6) is 0 Å². The van der Waals surface area contributed by atoms with Gasteiger partial charge >= 0.3 is 5.97 Å². The Morgan fingerprint density at radius 1 is 1.18 bits per heavy atom. The average molecular weight is 470 g/mol. The lowest BCUT2D eigenvalue weighted by Crippen LogP contribution is -2.30. The number of carbonyl (C=O) groups excluding carboxylic acids is 2. The molecular formula is C25H25ClFN3O3. The topological polar surface area (TPSA) is 64.4 Å². The number of hydrogen-bond acceptors (Lipinski definition) is 4. The van der Waals surface area contributed by atoms with E-state index in [-0.39, 0.29) is 18.3 Å². The normalized spacial score (nSPS) is 11.1. The molecule has 3 aromatic rings. The maximum Gasteiger partial charge on any atom is 0.331 e. The van der Waals surface area contributed by atoms with Crippen LogP contribution in [0.3, 0.4) is 0 Å². The highest BCUT2D eigenvalue weighted by Gasteiger charge is 2.14. The summed E-state index contributed by atoms with van der Waals surface area (Å²) in [6.07, 6.45) is 2.90. The van der Waals surface area contributed by atoms with Crippen LogP contribution in [0.15, 0.2) is 54.6 Å². The van der Waals surface area contributed by atoms with E-state index in [0.717, 1.165) is 22.5 Å². The molecular weight excluding hydrogens is 445 g/mol. The van der Waals surface area contributed by atoms with Crippen LogP contribution in [0.2, 0.25) is 5.02 Å². The van der Waals surface area contributed by atoms with Crippen LogP contribution in [-0.4, -0.2) is 40.2 Å². The van der Waals surface area contributed by atoms with Gasteiger partial charge in [0.15, 0.2) is 6.61 Å². The van der Waals surface area contributed by atoms with Gasteiger partial charge in [0.05, 0.1) is 12.2 Å². The first kappa shape index (κ1) is 24.2. The zero-order valence-electron chi connectivity index (χ0n) is 18.7. The van der Waals surface area contributed by atoms with Gasteiger partial charge in [0.1, 0.15) is 5.82 Å². The molecule has 0 fully saturated rings. The Morgan fingerprint density at radius 3 is 2.67 bits per heavy atom. The van der Waals surface area contributed by atoms with E-state index in [9.17, 15) is 14.0 Å². The van der Waals surface area contributed by atoms with Crippen molar-refractivity contribution in [2.75, 3.05) is 13.7 Å². The molecule has 6 nitrogen and oxygen atoms in total. The van der Waals surface area contributed by atoms with Gasteiger partial charge in [-0.3, -0.25) is 9.48 Å². The van der Waals surface area contributed by atoms with Crippen LogP contribution in [0.1, 0.15) is 28.1 Å². The van der Waals surface area contributed by atoms with Gasteiger partial charge < -0.3 is 9.64 Å². The molecule has 3 rings (SSSR count). The minimum Gasteiger partial charge on any atom is -0.452 e. The highest BCUT2D eigenvalue weighted by atomic mass is 35.5. The molecule has 0 N–H and O–H groups in total. The van der Waals surface area contributed by atoms with Crippen molar-refractivity contribution in [1.29, 1.82) is 0 Å². The second-order valence-corrected chi connectivity index (χ2v) is 8.06. The Labute approximate surface area is 197 Å². The number of likely N-dealkylation sites (N-methyl/N-ethyl adjacent to an activating group) is 1. The first-order valence-electron chi connectivity index (χ1n) is 10.3. The Balaban J connectivity index is 1.56. The van der Waals surface area contributed by atoms with E-state index in [0.29, 0.717) is 17.1 Å². The summed E-state index contributed by atoms with van der Waals surface area (Å²) in [7, 11) is 1.57. The number of carbonyl (C=O) groups is 2. The zero-order chi connectivity index (χ0) is 24.0. The lowest BCUT2D eigenvalue weighted by atomic mass is 10.1. The molecule has 0 atom stereocenters. The number of rotatable bonds is 8. The monoisotopic (exact) mass is 469 g/mol. The number of esters is 1. The molecule has 1 heterocycles. The highest BCUT2D eigenvalue weighted by molar-refractivity contribution is 6.31. The Kier molecular flexibility index (Phi) is 8.01. The van der Waals surface area contributed by atoms with Crippen LogP contribution in [-0.2, 0) is 27.4 Å². The fraction of sp³-hybridized carbons (Fsp3) is 0.240. The van der Waals surface area contributed by atoms with Gasteiger partial charge in [0.25, 0.3) is 5.91 Å². The molecule has 0 aliphatic rings. The summed E-state index contributed by atoms with van der Waals surface area (Å²) in [4.78, 5) is 25.7. The van der Waals surface area contributed by atoms with Gasteiger partial charge in [-0.25, -0.2) is 9.18 Å². The Hall–Kier alpha value is -3.45. The largest absolute Gasteiger partial charge is 0.452 e. The van der Waals surface area contributed by atoms with Crippen LogP contribution >= 0.6 is 11.6 Å². The lowest BCUT2D eigenvalue weighted by molar-refractivity contribution is -0.147. The van der Waals surface area contributed by atoms with Crippen LogP contribution < -0.4 is 0 Å². The van der Waals surface area contributed by atoms with Gasteiger partial charge in [0, 0.05) is 35.9 Å². The Morgan fingerprint density at radius 2 is 1.94 bits per heavy atom. The van der Waals surface area contributed by atoms with E-state index in [1.807, 2.05) is 42.8 Å². The third kappa shape index (κ3) is 6.52. The molecule has 8 heteroatoms. The molecule has 0 unspecified atom stereocenters. The maximum absolute atomic E-state index is 13.3. The summed E-state index contributed by atoms with van der Waals surface area (Å²) in [5.41, 5.74) is 4.03. The molecule has 172 valence electrons. The summed E-state index contributed by atoms with van der Waals surface area (Å²) in [5, 5.41) is 5.20. The molecule has 2 aromatic carbocycles. The quantitative estimate of drug-likeness (QED) is 0.358. The summed E-state index contributed by atoms with van der Waals surface area (Å²) >= 11 is 6.25. The number of hydrogen-bond donors (Lipinski definition) is 0. The van der Waals surface area contributed by atoms with Gasteiger partial charge in [0.2, 0.25) is 0 Å². The summed E-state index contributed by atoms with van der Waals surface area (Å²) < 4.78 is 20.2. The number of ether oxygens (including phenoxy) is 1. The van der Waals surface area contributed by atoms with Crippen LogP contribution in [0.25, 0.3) is 6.08 Å². The Bertz CT molecular complexity index is 1190. The molecule has 0 bridgehead atoms.